The number of benzene rings is 1. The van der Waals surface area contributed by atoms with Gasteiger partial charge in [-0.15, -0.1) is 0 Å². The molecule has 7 heteroatoms. The molecule has 236 valence electrons. The minimum Gasteiger partial charge on any atom is -0.497 e. The Labute approximate surface area is 251 Å². The van der Waals surface area contributed by atoms with Crippen molar-refractivity contribution < 1.29 is 28.8 Å². The Hall–Kier alpha value is -0.963. The van der Waals surface area contributed by atoms with Gasteiger partial charge in [-0.3, -0.25) is 0 Å². The smallest absolute Gasteiger partial charge is 0.200 e. The van der Waals surface area contributed by atoms with Crippen LogP contribution in [-0.4, -0.2) is 56.7 Å². The number of hydrogen-bond acceptors (Lipinski definition) is 6. The fraction of sp³-hybridized carbons (Fsp3) is 0.824. The van der Waals surface area contributed by atoms with E-state index in [1.165, 1.54) is 19.3 Å². The minimum absolute atomic E-state index is 0.0103. The van der Waals surface area contributed by atoms with Crippen LogP contribution in [-0.2, 0) is 13.9 Å². The first kappa shape index (κ1) is 34.5. The lowest BCUT2D eigenvalue weighted by Crippen LogP contribution is -2.56. The zero-order valence-corrected chi connectivity index (χ0v) is 28.5. The standard InChI is InChI=1S/C34H60O6Si/c1-21(2)41(22(3)4,23(5)6)40-31(25(8)30(36)24(7)20-35)26(9)32-33(27-14-12-11-13-15-27)39-34(38-32)28-16-18-29(37-10)19-17-28/h16-19,21-27,30-36H,11-15,20H2,1-10H3/t24-,25-,26-,30-,31-,32?,33+,34?/m1/s1. The maximum atomic E-state index is 11.4. The molecule has 41 heavy (non-hydrogen) atoms. The van der Waals surface area contributed by atoms with Crippen molar-refractivity contribution in [3.05, 3.63) is 29.8 Å². The molecule has 1 heterocycles. The van der Waals surface area contributed by atoms with E-state index in [1.54, 1.807) is 7.11 Å². The van der Waals surface area contributed by atoms with Crippen molar-refractivity contribution in [2.75, 3.05) is 13.7 Å². The van der Waals surface area contributed by atoms with Crippen LogP contribution in [0.2, 0.25) is 16.6 Å². The molecule has 3 rings (SSSR count). The fourth-order valence-electron chi connectivity index (χ4n) is 8.00. The van der Waals surface area contributed by atoms with E-state index in [0.29, 0.717) is 22.5 Å². The molecule has 0 bridgehead atoms. The minimum atomic E-state index is -2.29. The van der Waals surface area contributed by atoms with E-state index >= 15 is 0 Å². The van der Waals surface area contributed by atoms with Gasteiger partial charge in [-0.2, -0.15) is 0 Å². The van der Waals surface area contributed by atoms with Crippen LogP contribution in [0, 0.1) is 23.7 Å². The topological polar surface area (TPSA) is 77.4 Å². The van der Waals surface area contributed by atoms with Crippen LogP contribution in [0.5, 0.6) is 5.75 Å². The highest BCUT2D eigenvalue weighted by molar-refractivity contribution is 6.77. The Morgan fingerprint density at radius 1 is 0.854 bits per heavy atom. The highest BCUT2D eigenvalue weighted by Gasteiger charge is 2.52. The normalized spacial score (nSPS) is 26.4. The van der Waals surface area contributed by atoms with Crippen LogP contribution in [0.3, 0.4) is 0 Å². The van der Waals surface area contributed by atoms with Crippen molar-refractivity contribution in [3.8, 4) is 5.75 Å². The van der Waals surface area contributed by atoms with Gasteiger partial charge in [0.1, 0.15) is 5.75 Å². The average molecular weight is 593 g/mol. The first-order valence-electron chi connectivity index (χ1n) is 16.3. The predicted octanol–water partition coefficient (Wildman–Crippen LogP) is 7.88. The maximum absolute atomic E-state index is 11.4. The third kappa shape index (κ3) is 7.58. The second kappa shape index (κ2) is 15.2. The molecule has 2 fully saturated rings. The third-order valence-electron chi connectivity index (χ3n) is 10.4. The van der Waals surface area contributed by atoms with Crippen molar-refractivity contribution in [1.82, 2.24) is 0 Å². The van der Waals surface area contributed by atoms with Crippen molar-refractivity contribution >= 4 is 8.32 Å². The molecule has 1 saturated carbocycles. The molecule has 6 nitrogen and oxygen atoms in total. The zero-order valence-electron chi connectivity index (χ0n) is 27.5. The SMILES string of the molecule is COc1ccc(C2OC([C@H](C)[C@H](O[Si](C(C)C)(C(C)C)C(C)C)[C@H](C)[C@H](O)[C@H](C)CO)[C@H](C3CCCCC3)O2)cc1. The van der Waals surface area contributed by atoms with Gasteiger partial charge < -0.3 is 28.8 Å². The summed E-state index contributed by atoms with van der Waals surface area (Å²) in [5.74, 6) is 0.833. The van der Waals surface area contributed by atoms with E-state index in [2.05, 4.69) is 55.4 Å². The van der Waals surface area contributed by atoms with Crippen LogP contribution < -0.4 is 4.74 Å². The highest BCUT2D eigenvalue weighted by atomic mass is 28.4. The lowest BCUT2D eigenvalue weighted by Gasteiger charge is -2.49. The first-order valence-corrected chi connectivity index (χ1v) is 18.4. The fourth-order valence-corrected chi connectivity index (χ4v) is 13.7. The number of rotatable bonds is 14. The van der Waals surface area contributed by atoms with Gasteiger partial charge in [-0.05, 0) is 47.5 Å². The number of methoxy groups -OCH3 is 1. The summed E-state index contributed by atoms with van der Waals surface area (Å²) in [5.41, 5.74) is 2.24. The van der Waals surface area contributed by atoms with Crippen LogP contribution in [0.1, 0.15) is 106 Å². The van der Waals surface area contributed by atoms with E-state index in [4.69, 9.17) is 18.6 Å². The number of aliphatic hydroxyl groups is 2. The quantitative estimate of drug-likeness (QED) is 0.214. The molecule has 0 radical (unpaired) electrons. The second-order valence-electron chi connectivity index (χ2n) is 14.0. The molecule has 0 aromatic heterocycles. The van der Waals surface area contributed by atoms with Crippen molar-refractivity contribution in [2.45, 2.75) is 142 Å². The van der Waals surface area contributed by atoms with Gasteiger partial charge in [-0.25, -0.2) is 0 Å². The number of ether oxygens (including phenoxy) is 3. The van der Waals surface area contributed by atoms with E-state index in [1.807, 2.05) is 31.2 Å². The number of aliphatic hydroxyl groups excluding tert-OH is 2. The Kier molecular flexibility index (Phi) is 12.8. The summed E-state index contributed by atoms with van der Waals surface area (Å²) in [7, 11) is -0.618. The molecule has 1 aliphatic heterocycles. The molecule has 0 amide bonds. The molecular formula is C34H60O6Si. The lowest BCUT2D eigenvalue weighted by molar-refractivity contribution is -0.0950. The molecule has 2 unspecified atom stereocenters. The van der Waals surface area contributed by atoms with Gasteiger partial charge in [-0.1, -0.05) is 93.7 Å². The molecular weight excluding hydrogens is 532 g/mol. The Morgan fingerprint density at radius 2 is 1.41 bits per heavy atom. The monoisotopic (exact) mass is 592 g/mol. The molecule has 1 aliphatic carbocycles. The molecule has 1 saturated heterocycles. The summed E-state index contributed by atoms with van der Waals surface area (Å²) in [6.45, 7) is 20.1. The van der Waals surface area contributed by atoms with Crippen LogP contribution in [0.4, 0.5) is 0 Å². The van der Waals surface area contributed by atoms with Crippen LogP contribution in [0.15, 0.2) is 24.3 Å². The van der Waals surface area contributed by atoms with E-state index < -0.39 is 20.7 Å². The largest absolute Gasteiger partial charge is 0.497 e. The maximum Gasteiger partial charge on any atom is 0.200 e. The first-order chi connectivity index (χ1) is 19.4. The van der Waals surface area contributed by atoms with Gasteiger partial charge in [0.15, 0.2) is 6.29 Å². The molecule has 8 atom stereocenters. The summed E-state index contributed by atoms with van der Waals surface area (Å²) >= 11 is 0. The number of hydrogen-bond donors (Lipinski definition) is 2. The summed E-state index contributed by atoms with van der Waals surface area (Å²) in [5, 5.41) is 21.4. The van der Waals surface area contributed by atoms with Gasteiger partial charge in [0.2, 0.25) is 8.32 Å². The van der Waals surface area contributed by atoms with Crippen molar-refractivity contribution in [3.63, 3.8) is 0 Å². The molecule has 0 spiro atoms. The highest BCUT2D eigenvalue weighted by Crippen LogP contribution is 2.48. The van der Waals surface area contributed by atoms with Gasteiger partial charge in [0.25, 0.3) is 0 Å². The third-order valence-corrected chi connectivity index (χ3v) is 16.5. The van der Waals surface area contributed by atoms with E-state index in [9.17, 15) is 10.2 Å². The Morgan fingerprint density at radius 3 is 1.90 bits per heavy atom. The molecule has 2 N–H and O–H groups in total. The molecule has 1 aromatic carbocycles. The summed E-state index contributed by atoms with van der Waals surface area (Å²) in [6, 6.07) is 7.99. The summed E-state index contributed by atoms with van der Waals surface area (Å²) in [4.78, 5) is 0. The Bertz CT molecular complexity index is 877. The summed E-state index contributed by atoms with van der Waals surface area (Å²) < 4.78 is 26.6. The van der Waals surface area contributed by atoms with Gasteiger partial charge in [0.05, 0.1) is 31.5 Å². The van der Waals surface area contributed by atoms with Gasteiger partial charge in [0, 0.05) is 29.9 Å². The van der Waals surface area contributed by atoms with Crippen LogP contribution in [0.25, 0.3) is 0 Å². The average Bonchev–Trinajstić information content (AvgIpc) is 3.42. The molecule has 1 aromatic rings. The Balaban J connectivity index is 2.03. The predicted molar refractivity (Wildman–Crippen MR) is 169 cm³/mol. The lowest BCUT2D eigenvalue weighted by atomic mass is 9.77. The van der Waals surface area contributed by atoms with E-state index in [-0.39, 0.29) is 42.7 Å². The summed E-state index contributed by atoms with van der Waals surface area (Å²) in [6.07, 6.45) is 4.50. The van der Waals surface area contributed by atoms with E-state index in [0.717, 1.165) is 24.2 Å². The van der Waals surface area contributed by atoms with Crippen LogP contribution >= 0.6 is 0 Å². The second-order valence-corrected chi connectivity index (χ2v) is 19.4. The molecule has 2 aliphatic rings. The zero-order chi connectivity index (χ0) is 30.5. The van der Waals surface area contributed by atoms with Crippen molar-refractivity contribution in [2.24, 2.45) is 23.7 Å². The van der Waals surface area contributed by atoms with Gasteiger partial charge >= 0.3 is 0 Å². The van der Waals surface area contributed by atoms with Crippen molar-refractivity contribution in [1.29, 1.82) is 0 Å².